The van der Waals surface area contributed by atoms with E-state index in [0.29, 0.717) is 10.6 Å². The Morgan fingerprint density at radius 2 is 2.27 bits per heavy atom. The highest BCUT2D eigenvalue weighted by Gasteiger charge is 2.42. The van der Waals surface area contributed by atoms with Crippen LogP contribution in [0.3, 0.4) is 0 Å². The Kier molecular flexibility index (Phi) is 5.05. The van der Waals surface area contributed by atoms with E-state index in [2.05, 4.69) is 16.7 Å². The van der Waals surface area contributed by atoms with E-state index in [9.17, 15) is 14.4 Å². The van der Waals surface area contributed by atoms with Crippen molar-refractivity contribution >= 4 is 17.5 Å². The van der Waals surface area contributed by atoms with E-state index in [1.54, 1.807) is 19.9 Å². The number of halogens is 2. The van der Waals surface area contributed by atoms with E-state index < -0.39 is 17.4 Å². The highest BCUT2D eigenvalue weighted by molar-refractivity contribution is 6.31. The first kappa shape index (κ1) is 16.7. The number of nitriles is 1. The van der Waals surface area contributed by atoms with Gasteiger partial charge in [0, 0.05) is 16.6 Å². The van der Waals surface area contributed by atoms with Gasteiger partial charge >= 0.3 is 0 Å². The summed E-state index contributed by atoms with van der Waals surface area (Å²) in [6.45, 7) is 3.47. The van der Waals surface area contributed by atoms with Gasteiger partial charge in [-0.05, 0) is 44.7 Å². The minimum absolute atomic E-state index is 0.00415. The number of hydrogen-bond acceptors (Lipinski definition) is 3. The number of nitrogens with zero attached hydrogens (tertiary/aromatic N) is 1. The molecule has 0 spiro atoms. The standard InChI is InChI=1S/C16H19ClFN3O/c1-10(15-12(17)4-3-5-13(15)18)20-8-14(22)21-16(2,9-19)11-6-7-11/h3-5,10-11,20H,6-8H2,1-2H3,(H,21,22)/t10-,16-/m0/s1. The smallest absolute Gasteiger partial charge is 0.235 e. The van der Waals surface area contributed by atoms with Gasteiger partial charge in [0.1, 0.15) is 11.4 Å². The molecule has 0 saturated heterocycles. The van der Waals surface area contributed by atoms with Crippen molar-refractivity contribution in [2.75, 3.05) is 6.54 Å². The number of hydrogen-bond donors (Lipinski definition) is 2. The Morgan fingerprint density at radius 3 is 2.82 bits per heavy atom. The molecule has 0 aliphatic heterocycles. The van der Waals surface area contributed by atoms with Crippen molar-refractivity contribution in [3.63, 3.8) is 0 Å². The molecular formula is C16H19ClFN3O. The lowest BCUT2D eigenvalue weighted by Crippen LogP contribution is -2.49. The van der Waals surface area contributed by atoms with Crippen molar-refractivity contribution < 1.29 is 9.18 Å². The summed E-state index contributed by atoms with van der Waals surface area (Å²) in [5, 5.41) is 15.2. The van der Waals surface area contributed by atoms with Crippen LogP contribution in [-0.4, -0.2) is 18.0 Å². The van der Waals surface area contributed by atoms with Crippen LogP contribution >= 0.6 is 11.6 Å². The fraction of sp³-hybridized carbons (Fsp3) is 0.500. The molecule has 0 aromatic heterocycles. The maximum atomic E-state index is 13.8. The summed E-state index contributed by atoms with van der Waals surface area (Å²) in [6.07, 6.45) is 1.91. The van der Waals surface area contributed by atoms with Gasteiger partial charge in [0.15, 0.2) is 0 Å². The third-order valence-electron chi connectivity index (χ3n) is 4.03. The topological polar surface area (TPSA) is 64.9 Å². The first-order chi connectivity index (χ1) is 10.4. The number of carbonyl (C=O) groups is 1. The monoisotopic (exact) mass is 323 g/mol. The van der Waals surface area contributed by atoms with E-state index >= 15 is 0 Å². The van der Waals surface area contributed by atoms with Crippen molar-refractivity contribution in [2.45, 2.75) is 38.3 Å². The molecule has 0 radical (unpaired) electrons. The molecule has 6 heteroatoms. The number of nitrogens with one attached hydrogen (secondary N) is 2. The minimum atomic E-state index is -0.822. The molecule has 2 N–H and O–H groups in total. The molecule has 1 aromatic rings. The van der Waals surface area contributed by atoms with E-state index in [4.69, 9.17) is 11.6 Å². The summed E-state index contributed by atoms with van der Waals surface area (Å²) in [5.74, 6) is -0.470. The predicted octanol–water partition coefficient (Wildman–Crippen LogP) is 2.94. The number of benzene rings is 1. The molecule has 1 amide bonds. The largest absolute Gasteiger partial charge is 0.337 e. The van der Waals surface area contributed by atoms with Crippen LogP contribution in [0, 0.1) is 23.1 Å². The Labute approximate surface area is 134 Å². The molecule has 0 heterocycles. The molecular weight excluding hydrogens is 305 g/mol. The second-order valence-corrected chi connectivity index (χ2v) is 6.28. The third kappa shape index (κ3) is 3.76. The van der Waals surface area contributed by atoms with Crippen molar-refractivity contribution in [3.05, 3.63) is 34.6 Å². The van der Waals surface area contributed by atoms with Crippen LogP contribution in [0.2, 0.25) is 5.02 Å². The van der Waals surface area contributed by atoms with Gasteiger partial charge in [-0.2, -0.15) is 5.26 Å². The van der Waals surface area contributed by atoms with Crippen molar-refractivity contribution in [2.24, 2.45) is 5.92 Å². The van der Waals surface area contributed by atoms with Crippen LogP contribution < -0.4 is 10.6 Å². The van der Waals surface area contributed by atoms with Gasteiger partial charge in [-0.1, -0.05) is 17.7 Å². The molecule has 1 fully saturated rings. The molecule has 22 heavy (non-hydrogen) atoms. The Morgan fingerprint density at radius 1 is 1.59 bits per heavy atom. The zero-order valence-electron chi connectivity index (χ0n) is 12.6. The van der Waals surface area contributed by atoms with Gasteiger partial charge < -0.3 is 10.6 Å². The van der Waals surface area contributed by atoms with Crippen LogP contribution in [0.1, 0.15) is 38.3 Å². The predicted molar refractivity (Wildman–Crippen MR) is 82.7 cm³/mol. The summed E-state index contributed by atoms with van der Waals surface area (Å²) in [6, 6.07) is 6.24. The average molecular weight is 324 g/mol. The molecule has 4 nitrogen and oxygen atoms in total. The summed E-state index contributed by atoms with van der Waals surface area (Å²) in [4.78, 5) is 12.0. The zero-order valence-corrected chi connectivity index (χ0v) is 13.4. The van der Waals surface area contributed by atoms with E-state index in [-0.39, 0.29) is 18.4 Å². The minimum Gasteiger partial charge on any atom is -0.337 e. The van der Waals surface area contributed by atoms with Crippen LogP contribution in [0.25, 0.3) is 0 Å². The van der Waals surface area contributed by atoms with Crippen LogP contribution in [0.5, 0.6) is 0 Å². The van der Waals surface area contributed by atoms with Crippen molar-refractivity contribution in [1.29, 1.82) is 5.26 Å². The van der Waals surface area contributed by atoms with Crippen LogP contribution in [-0.2, 0) is 4.79 Å². The van der Waals surface area contributed by atoms with E-state index in [1.165, 1.54) is 12.1 Å². The molecule has 1 aliphatic rings. The Balaban J connectivity index is 1.92. The van der Waals surface area contributed by atoms with Gasteiger partial charge in [0.05, 0.1) is 12.6 Å². The van der Waals surface area contributed by atoms with E-state index in [1.807, 2.05) is 0 Å². The maximum Gasteiger partial charge on any atom is 0.235 e. The summed E-state index contributed by atoms with van der Waals surface area (Å²) in [7, 11) is 0. The van der Waals surface area contributed by atoms with Crippen molar-refractivity contribution in [3.8, 4) is 6.07 Å². The lowest BCUT2D eigenvalue weighted by molar-refractivity contribution is -0.121. The van der Waals surface area contributed by atoms with Gasteiger partial charge in [0.25, 0.3) is 0 Å². The fourth-order valence-electron chi connectivity index (χ4n) is 2.49. The zero-order chi connectivity index (χ0) is 16.3. The first-order valence-corrected chi connectivity index (χ1v) is 7.64. The SMILES string of the molecule is C[C@H](NCC(=O)N[C@@](C)(C#N)C1CC1)c1c(F)cccc1Cl. The molecule has 0 unspecified atom stereocenters. The van der Waals surface area contributed by atoms with Gasteiger partial charge in [-0.15, -0.1) is 0 Å². The van der Waals surface area contributed by atoms with Gasteiger partial charge in [-0.3, -0.25) is 4.79 Å². The Hall–Kier alpha value is -1.64. The number of rotatable bonds is 6. The second-order valence-electron chi connectivity index (χ2n) is 5.87. The molecule has 1 saturated carbocycles. The van der Waals surface area contributed by atoms with Gasteiger partial charge in [-0.25, -0.2) is 4.39 Å². The summed E-state index contributed by atoms with van der Waals surface area (Å²) < 4.78 is 13.8. The molecule has 0 bridgehead atoms. The Bertz CT molecular complexity index is 592. The average Bonchev–Trinajstić information content (AvgIpc) is 3.30. The second kappa shape index (κ2) is 6.64. The first-order valence-electron chi connectivity index (χ1n) is 7.27. The molecule has 2 rings (SSSR count). The van der Waals surface area contributed by atoms with Gasteiger partial charge in [0.2, 0.25) is 5.91 Å². The molecule has 118 valence electrons. The summed E-state index contributed by atoms with van der Waals surface area (Å²) >= 11 is 5.99. The quantitative estimate of drug-likeness (QED) is 0.846. The normalized spacial score (nSPS) is 18.1. The number of amides is 1. The molecule has 2 atom stereocenters. The van der Waals surface area contributed by atoms with Crippen molar-refractivity contribution in [1.82, 2.24) is 10.6 Å². The van der Waals surface area contributed by atoms with E-state index in [0.717, 1.165) is 12.8 Å². The highest BCUT2D eigenvalue weighted by Crippen LogP contribution is 2.39. The maximum absolute atomic E-state index is 13.8. The fourth-order valence-corrected chi connectivity index (χ4v) is 2.81. The third-order valence-corrected chi connectivity index (χ3v) is 4.36. The lowest BCUT2D eigenvalue weighted by atomic mass is 9.98. The molecule has 1 aromatic carbocycles. The van der Waals surface area contributed by atoms with Crippen LogP contribution in [0.4, 0.5) is 4.39 Å². The number of carbonyl (C=O) groups excluding carboxylic acids is 1. The molecule has 1 aliphatic carbocycles. The van der Waals surface area contributed by atoms with Crippen LogP contribution in [0.15, 0.2) is 18.2 Å². The summed E-state index contributed by atoms with van der Waals surface area (Å²) in [5.41, 5.74) is -0.486. The highest BCUT2D eigenvalue weighted by atomic mass is 35.5. The lowest BCUT2D eigenvalue weighted by Gasteiger charge is -2.24.